The first kappa shape index (κ1) is 23.5. The predicted molar refractivity (Wildman–Crippen MR) is 31.1 cm³/mol. The van der Waals surface area contributed by atoms with Gasteiger partial charge in [-0.2, -0.15) is 0 Å². The van der Waals surface area contributed by atoms with Crippen LogP contribution < -0.4 is 0 Å². The van der Waals surface area contributed by atoms with Crippen LogP contribution in [-0.4, -0.2) is 82.6 Å². The van der Waals surface area contributed by atoms with Crippen LogP contribution in [0.2, 0.25) is 0 Å². The van der Waals surface area contributed by atoms with Crippen LogP contribution in [0, 0.1) is 0 Å². The molecular weight excluding hydrogens is 118 g/mol. The number of carbonyl (C=O) groups excluding carboxylic acids is 1. The number of hydrogen-bond acceptors (Lipinski definition) is 2. The van der Waals surface area contributed by atoms with Crippen molar-refractivity contribution in [2.24, 2.45) is 0 Å². The quantitative estimate of drug-likeness (QED) is 0.301. The van der Waals surface area contributed by atoms with E-state index in [9.17, 15) is 0 Å². The van der Waals surface area contributed by atoms with Crippen molar-refractivity contribution >= 4 is 65.4 Å². The molecule has 0 aliphatic carbocycles. The normalized spacial score (nSPS) is 3.57. The fourth-order valence-electron chi connectivity index (χ4n) is 0. The molecule has 0 heterocycles. The Hall–Kier alpha value is 1.59. The number of rotatable bonds is 1. The molecule has 0 saturated heterocycles. The van der Waals surface area contributed by atoms with Gasteiger partial charge in [-0.3, -0.25) is 0 Å². The summed E-state index contributed by atoms with van der Waals surface area (Å²) in [6, 6.07) is 0. The molecule has 0 aromatic heterocycles. The maximum absolute atomic E-state index is 8.92. The van der Waals surface area contributed by atoms with Crippen LogP contribution in [0.4, 0.5) is 0 Å². The summed E-state index contributed by atoms with van der Waals surface area (Å²) in [5.41, 5.74) is 0. The van der Waals surface area contributed by atoms with E-state index < -0.39 is 0 Å². The number of carbonyl (C=O) groups is 1. The van der Waals surface area contributed by atoms with Gasteiger partial charge in [0, 0.05) is 0 Å². The molecule has 0 unspecified atom stereocenters. The molecule has 0 spiro atoms. The first-order chi connectivity index (χ1) is 1.91. The molecule has 0 aliphatic rings. The molecule has 0 aromatic carbocycles. The summed E-state index contributed by atoms with van der Waals surface area (Å²) in [4.78, 5) is 8.92. The molecule has 0 aromatic rings. The Balaban J connectivity index is -0.0000000150. The van der Waals surface area contributed by atoms with Crippen molar-refractivity contribution in [3.63, 3.8) is 0 Å². The summed E-state index contributed by atoms with van der Waals surface area (Å²) in [6.07, 6.45) is 0.431. The second-order valence-electron chi connectivity index (χ2n) is 0.349. The molecule has 0 amide bonds. The average molecular weight is 126 g/mol. The molecular formula is C2H8Na2O3. The van der Waals surface area contributed by atoms with Gasteiger partial charge in [-0.1, -0.05) is 0 Å². The molecule has 36 valence electrons. The number of aldehydes is 1. The zero-order chi connectivity index (χ0) is 3.41. The van der Waals surface area contributed by atoms with E-state index in [1.807, 2.05) is 0 Å². The summed E-state index contributed by atoms with van der Waals surface area (Å²) in [5.74, 6) is 0. The van der Waals surface area contributed by atoms with E-state index in [2.05, 4.69) is 0 Å². The van der Waals surface area contributed by atoms with Crippen molar-refractivity contribution in [1.29, 1.82) is 0 Å². The maximum atomic E-state index is 8.92. The fourth-order valence-corrected chi connectivity index (χ4v) is 0. The van der Waals surface area contributed by atoms with Gasteiger partial charge in [0.05, 0.1) is 6.61 Å². The van der Waals surface area contributed by atoms with Gasteiger partial charge in [-0.15, -0.1) is 0 Å². The topological polar surface area (TPSA) is 68.8 Å². The molecule has 0 rings (SSSR count). The van der Waals surface area contributed by atoms with Crippen molar-refractivity contribution in [3.8, 4) is 0 Å². The third-order valence-electron chi connectivity index (χ3n) is 0.0745. The van der Waals surface area contributed by atoms with Crippen molar-refractivity contribution in [1.82, 2.24) is 0 Å². The molecule has 0 bridgehead atoms. The van der Waals surface area contributed by atoms with Gasteiger partial charge >= 0.3 is 59.1 Å². The Morgan fingerprint density at radius 2 is 1.57 bits per heavy atom. The summed E-state index contributed by atoms with van der Waals surface area (Å²) in [6.45, 7) is -0.361. The van der Waals surface area contributed by atoms with Crippen LogP contribution in [0.1, 0.15) is 0 Å². The van der Waals surface area contributed by atoms with Crippen LogP contribution in [0.25, 0.3) is 0 Å². The molecule has 3 nitrogen and oxygen atoms in total. The zero-order valence-electron chi connectivity index (χ0n) is 2.64. The Kier molecular flexibility index (Phi) is 85.8. The van der Waals surface area contributed by atoms with Gasteiger partial charge in [-0.25, -0.2) is 0 Å². The van der Waals surface area contributed by atoms with Crippen molar-refractivity contribution in [2.75, 3.05) is 6.61 Å². The van der Waals surface area contributed by atoms with E-state index >= 15 is 0 Å². The van der Waals surface area contributed by atoms with Crippen LogP contribution in [0.5, 0.6) is 0 Å². The first-order valence-corrected chi connectivity index (χ1v) is 0.960. The predicted octanol–water partition coefficient (Wildman–Crippen LogP) is -2.94. The Bertz CT molecular complexity index is 24.9. The van der Waals surface area contributed by atoms with Crippen LogP contribution in [-0.2, 0) is 4.79 Å². The van der Waals surface area contributed by atoms with Gasteiger partial charge in [0.2, 0.25) is 0 Å². The van der Waals surface area contributed by atoms with Gasteiger partial charge in [0.15, 0.2) is 0 Å². The van der Waals surface area contributed by atoms with Gasteiger partial charge in [-0.05, 0) is 0 Å². The van der Waals surface area contributed by atoms with Gasteiger partial charge in [0.25, 0.3) is 0 Å². The molecule has 0 radical (unpaired) electrons. The molecule has 0 aliphatic heterocycles. The third kappa shape index (κ3) is 35.4. The molecule has 7 heavy (non-hydrogen) atoms. The fraction of sp³-hybridized carbons (Fsp3) is 0.500. The van der Waals surface area contributed by atoms with Gasteiger partial charge in [0.1, 0.15) is 6.29 Å². The molecule has 5 heteroatoms. The Morgan fingerprint density at radius 1 is 1.43 bits per heavy atom. The number of aliphatic hydroxyl groups is 1. The Morgan fingerprint density at radius 3 is 1.57 bits per heavy atom. The molecule has 0 saturated carbocycles. The van der Waals surface area contributed by atoms with E-state index in [0.717, 1.165) is 0 Å². The third-order valence-corrected chi connectivity index (χ3v) is 0.0745. The monoisotopic (exact) mass is 126 g/mol. The number of hydrogen-bond donors (Lipinski definition) is 1. The van der Waals surface area contributed by atoms with E-state index in [4.69, 9.17) is 9.90 Å². The van der Waals surface area contributed by atoms with Crippen molar-refractivity contribution in [2.45, 2.75) is 0 Å². The Labute approximate surface area is 86.4 Å². The minimum absolute atomic E-state index is 0. The van der Waals surface area contributed by atoms with Gasteiger partial charge < -0.3 is 15.4 Å². The zero-order valence-corrected chi connectivity index (χ0v) is 2.64. The minimum atomic E-state index is -0.361. The van der Waals surface area contributed by atoms with Crippen LogP contribution in [0.3, 0.4) is 0 Å². The molecule has 0 fully saturated rings. The van der Waals surface area contributed by atoms with E-state index in [0.29, 0.717) is 6.29 Å². The molecule has 3 N–H and O–H groups in total. The molecule has 0 atom stereocenters. The van der Waals surface area contributed by atoms with E-state index in [1.54, 1.807) is 0 Å². The van der Waals surface area contributed by atoms with Crippen molar-refractivity contribution in [3.05, 3.63) is 0 Å². The average Bonchev–Trinajstić information content (AvgIpc) is 1.37. The van der Waals surface area contributed by atoms with Crippen LogP contribution >= 0.6 is 0 Å². The first-order valence-electron chi connectivity index (χ1n) is 0.960. The summed E-state index contributed by atoms with van der Waals surface area (Å²) in [5, 5.41) is 7.51. The SMILES string of the molecule is O.O=CCO.[NaH].[NaH]. The van der Waals surface area contributed by atoms with E-state index in [-0.39, 0.29) is 71.2 Å². The standard InChI is InChI=1S/C2H4O2.2Na.H2O.2H/c3-1-2-4;;;;;/h1,4H,2H2;;;1H2;;. The second kappa shape index (κ2) is 25.6. The summed E-state index contributed by atoms with van der Waals surface area (Å²) in [7, 11) is 0. The number of aliphatic hydroxyl groups excluding tert-OH is 1. The van der Waals surface area contributed by atoms with Crippen LogP contribution in [0.15, 0.2) is 0 Å². The second-order valence-corrected chi connectivity index (χ2v) is 0.349. The summed E-state index contributed by atoms with van der Waals surface area (Å²) >= 11 is 0. The van der Waals surface area contributed by atoms with Crippen molar-refractivity contribution < 1.29 is 15.4 Å². The van der Waals surface area contributed by atoms with E-state index in [1.165, 1.54) is 0 Å². The summed E-state index contributed by atoms with van der Waals surface area (Å²) < 4.78 is 0.